The fraction of sp³-hybridized carbons (Fsp3) is 0.200. The van der Waals surface area contributed by atoms with Gasteiger partial charge in [-0.25, -0.2) is 13.2 Å². The lowest BCUT2D eigenvalue weighted by atomic mass is 10.1. The van der Waals surface area contributed by atoms with Crippen LogP contribution in [-0.2, 0) is 13.1 Å². The minimum atomic E-state index is -2.47. The maximum Gasteiger partial charge on any atom is 0.263 e. The zero-order chi connectivity index (χ0) is 14.5. The fourth-order valence-corrected chi connectivity index (χ4v) is 2.27. The zero-order valence-electron chi connectivity index (χ0n) is 10.5. The quantitative estimate of drug-likeness (QED) is 0.820. The molecular weight excluding hydrogens is 331 g/mol. The van der Waals surface area contributed by atoms with E-state index in [1.165, 1.54) is 18.2 Å². The predicted octanol–water partition coefficient (Wildman–Crippen LogP) is 4.82. The average Bonchev–Trinajstić information content (AvgIpc) is 2.43. The van der Waals surface area contributed by atoms with Crippen molar-refractivity contribution in [3.8, 4) is 0 Å². The normalized spacial score (nSPS) is 11.1. The third kappa shape index (κ3) is 4.08. The molecule has 0 aliphatic carbocycles. The molecule has 0 aliphatic rings. The highest BCUT2D eigenvalue weighted by molar-refractivity contribution is 9.10. The largest absolute Gasteiger partial charge is 0.309 e. The Morgan fingerprint density at radius 1 is 1.05 bits per heavy atom. The van der Waals surface area contributed by atoms with Crippen LogP contribution in [0.4, 0.5) is 13.2 Å². The van der Waals surface area contributed by atoms with Crippen molar-refractivity contribution >= 4 is 15.9 Å². The molecule has 0 radical (unpaired) electrons. The Hall–Kier alpha value is -1.33. The summed E-state index contributed by atoms with van der Waals surface area (Å²) < 4.78 is 39.4. The molecule has 0 unspecified atom stereocenters. The fourth-order valence-electron chi connectivity index (χ4n) is 1.86. The average molecular weight is 344 g/mol. The van der Waals surface area contributed by atoms with E-state index in [-0.39, 0.29) is 11.4 Å². The first-order chi connectivity index (χ1) is 9.56. The first kappa shape index (κ1) is 15.1. The molecule has 0 aliphatic heterocycles. The number of hydrogen-bond acceptors (Lipinski definition) is 1. The van der Waals surface area contributed by atoms with Gasteiger partial charge in [0.1, 0.15) is 5.82 Å². The van der Waals surface area contributed by atoms with Gasteiger partial charge < -0.3 is 5.32 Å². The van der Waals surface area contributed by atoms with E-state index < -0.39 is 6.43 Å². The summed E-state index contributed by atoms with van der Waals surface area (Å²) in [7, 11) is 0. The molecule has 5 heteroatoms. The van der Waals surface area contributed by atoms with Crippen molar-refractivity contribution in [2.24, 2.45) is 0 Å². The Bertz CT molecular complexity index is 587. The third-order valence-corrected chi connectivity index (χ3v) is 3.35. The van der Waals surface area contributed by atoms with Crippen LogP contribution >= 0.6 is 15.9 Å². The Morgan fingerprint density at radius 3 is 2.60 bits per heavy atom. The Kier molecular flexibility index (Phi) is 5.20. The molecule has 0 heterocycles. The number of rotatable bonds is 5. The summed E-state index contributed by atoms with van der Waals surface area (Å²) in [5, 5.41) is 3.05. The molecule has 0 fully saturated rings. The molecule has 2 aromatic rings. The van der Waals surface area contributed by atoms with E-state index in [1.54, 1.807) is 24.3 Å². The standard InChI is InChI=1S/C15H13BrF3N/c16-13-4-5-14(17)12(7-13)9-20-8-10-2-1-3-11(6-10)15(18)19/h1-7,15,20H,8-9H2. The topological polar surface area (TPSA) is 12.0 Å². The molecule has 0 atom stereocenters. The number of nitrogens with one attached hydrogen (secondary N) is 1. The highest BCUT2D eigenvalue weighted by Gasteiger charge is 2.07. The van der Waals surface area contributed by atoms with E-state index in [4.69, 9.17) is 0 Å². The molecule has 0 spiro atoms. The van der Waals surface area contributed by atoms with Crippen LogP contribution in [0, 0.1) is 5.82 Å². The minimum Gasteiger partial charge on any atom is -0.309 e. The lowest BCUT2D eigenvalue weighted by Crippen LogP contribution is -2.14. The van der Waals surface area contributed by atoms with E-state index >= 15 is 0 Å². The Morgan fingerprint density at radius 2 is 1.85 bits per heavy atom. The van der Waals surface area contributed by atoms with Crippen molar-refractivity contribution in [2.75, 3.05) is 0 Å². The van der Waals surface area contributed by atoms with E-state index in [9.17, 15) is 13.2 Å². The molecule has 2 rings (SSSR count). The van der Waals surface area contributed by atoms with Gasteiger partial charge in [-0.3, -0.25) is 0 Å². The van der Waals surface area contributed by atoms with Gasteiger partial charge in [0.15, 0.2) is 0 Å². The highest BCUT2D eigenvalue weighted by atomic mass is 79.9. The van der Waals surface area contributed by atoms with Crippen LogP contribution in [0.5, 0.6) is 0 Å². The molecule has 0 bridgehead atoms. The maximum atomic E-state index is 13.5. The maximum absolute atomic E-state index is 13.5. The van der Waals surface area contributed by atoms with Crippen molar-refractivity contribution in [1.29, 1.82) is 0 Å². The van der Waals surface area contributed by atoms with Crippen molar-refractivity contribution in [3.63, 3.8) is 0 Å². The van der Waals surface area contributed by atoms with Gasteiger partial charge in [0.05, 0.1) is 0 Å². The summed E-state index contributed by atoms with van der Waals surface area (Å²) in [5.74, 6) is -0.290. The molecule has 20 heavy (non-hydrogen) atoms. The van der Waals surface area contributed by atoms with Gasteiger partial charge in [0.25, 0.3) is 6.43 Å². The van der Waals surface area contributed by atoms with Gasteiger partial charge >= 0.3 is 0 Å². The lowest BCUT2D eigenvalue weighted by Gasteiger charge is -2.08. The van der Waals surface area contributed by atoms with Crippen molar-refractivity contribution in [2.45, 2.75) is 19.5 Å². The molecule has 106 valence electrons. The lowest BCUT2D eigenvalue weighted by molar-refractivity contribution is 0.151. The number of halogens is 4. The van der Waals surface area contributed by atoms with Crippen LogP contribution in [0.15, 0.2) is 46.9 Å². The molecule has 1 nitrogen and oxygen atoms in total. The molecular formula is C15H13BrF3N. The summed E-state index contributed by atoms with van der Waals surface area (Å²) in [6.07, 6.45) is -2.47. The van der Waals surface area contributed by atoms with Crippen molar-refractivity contribution < 1.29 is 13.2 Å². The molecule has 0 saturated heterocycles. The Balaban J connectivity index is 1.96. The van der Waals surface area contributed by atoms with E-state index in [1.807, 2.05) is 0 Å². The van der Waals surface area contributed by atoms with Gasteiger partial charge in [-0.1, -0.05) is 34.1 Å². The first-order valence-corrected chi connectivity index (χ1v) is 6.87. The molecule has 0 aromatic heterocycles. The second-order valence-electron chi connectivity index (χ2n) is 4.39. The van der Waals surface area contributed by atoms with Crippen LogP contribution in [-0.4, -0.2) is 0 Å². The second kappa shape index (κ2) is 6.90. The summed E-state index contributed by atoms with van der Waals surface area (Å²) in [6, 6.07) is 10.9. The zero-order valence-corrected chi connectivity index (χ0v) is 12.1. The van der Waals surface area contributed by atoms with Crippen LogP contribution in [0.1, 0.15) is 23.1 Å². The smallest absolute Gasteiger partial charge is 0.263 e. The molecule has 2 aromatic carbocycles. The van der Waals surface area contributed by atoms with Gasteiger partial charge in [0.2, 0.25) is 0 Å². The van der Waals surface area contributed by atoms with Gasteiger partial charge in [-0.2, -0.15) is 0 Å². The van der Waals surface area contributed by atoms with E-state index in [0.717, 1.165) is 10.0 Å². The summed E-state index contributed by atoms with van der Waals surface area (Å²) >= 11 is 3.28. The van der Waals surface area contributed by atoms with Crippen LogP contribution in [0.25, 0.3) is 0 Å². The van der Waals surface area contributed by atoms with Gasteiger partial charge in [0, 0.05) is 28.7 Å². The molecule has 0 amide bonds. The van der Waals surface area contributed by atoms with Crippen LogP contribution < -0.4 is 5.32 Å². The Labute approximate surface area is 123 Å². The van der Waals surface area contributed by atoms with Crippen molar-refractivity contribution in [3.05, 3.63) is 69.4 Å². The summed E-state index contributed by atoms with van der Waals surface area (Å²) in [5.41, 5.74) is 1.28. The molecule has 0 saturated carbocycles. The number of benzene rings is 2. The SMILES string of the molecule is Fc1ccc(Br)cc1CNCc1cccc(C(F)F)c1. The monoisotopic (exact) mass is 343 g/mol. The summed E-state index contributed by atoms with van der Waals surface area (Å²) in [4.78, 5) is 0. The molecule has 1 N–H and O–H groups in total. The van der Waals surface area contributed by atoms with E-state index in [2.05, 4.69) is 21.2 Å². The second-order valence-corrected chi connectivity index (χ2v) is 5.30. The number of hydrogen-bond donors (Lipinski definition) is 1. The third-order valence-electron chi connectivity index (χ3n) is 2.86. The highest BCUT2D eigenvalue weighted by Crippen LogP contribution is 2.19. The minimum absolute atomic E-state index is 0.00191. The van der Waals surface area contributed by atoms with Crippen molar-refractivity contribution in [1.82, 2.24) is 5.32 Å². The van der Waals surface area contributed by atoms with Crippen LogP contribution in [0.3, 0.4) is 0 Å². The predicted molar refractivity (Wildman–Crippen MR) is 76.0 cm³/mol. The summed E-state index contributed by atoms with van der Waals surface area (Å²) in [6.45, 7) is 0.747. The van der Waals surface area contributed by atoms with Gasteiger partial charge in [-0.05, 0) is 29.8 Å². The van der Waals surface area contributed by atoms with Gasteiger partial charge in [-0.15, -0.1) is 0 Å². The van der Waals surface area contributed by atoms with Crippen LogP contribution in [0.2, 0.25) is 0 Å². The van der Waals surface area contributed by atoms with E-state index in [0.29, 0.717) is 18.7 Å². The first-order valence-electron chi connectivity index (χ1n) is 6.08. The number of alkyl halides is 2.